The average molecular weight is 1230 g/mol. The smallest absolute Gasteiger partial charge is 0.222 e. The number of hydrogen-bond donors (Lipinski definition) is 15. The van der Waals surface area contributed by atoms with Crippen molar-refractivity contribution in [1.29, 1.82) is 0 Å². The number of aliphatic hydroxyl groups is 12. The Bertz CT molecular complexity index is 1570. The minimum Gasteiger partial charge on any atom is -0.394 e. The summed E-state index contributed by atoms with van der Waals surface area (Å²) >= 11 is 0. The molecule has 2 heterocycles. The number of ether oxygens (including phenoxy) is 15. The molecule has 0 aromatic heterocycles. The standard InChI is InChI=1S/C51H97N3O30/c1-34(59)36(28-56)82-48(35(60)27-55)79-24-21-73-18-15-70-12-6-52-39(61)3-9-76-31-51(2,32-77-10-4-40(62)53-7-13-71-16-19-74-22-25-80-49-46(68)44(66)42(64)37(29-57)83-49)33-78-11-5-41(63)54-8-14-72-17-20-75-23-26-81-50-47(69)45(67)43(65)38(30-58)84-50/h34-38,42-50,55-60,64-69H,3-33H2,1-2H3,(H,52,61)(H,53,62)(H,54,63)/t34-,35?,36?,37?,38?,42?,43?,44+,45+,46?,47?,48-,49-,50-,51?/m0/s1. The van der Waals surface area contributed by atoms with E-state index in [-0.39, 0.29) is 195 Å². The van der Waals surface area contributed by atoms with Gasteiger partial charge in [0.1, 0.15) is 61.0 Å². The van der Waals surface area contributed by atoms with Crippen LogP contribution in [-0.4, -0.2) is 350 Å². The zero-order valence-electron chi connectivity index (χ0n) is 48.2. The molecule has 2 rings (SSSR count). The monoisotopic (exact) mass is 1230 g/mol. The summed E-state index contributed by atoms with van der Waals surface area (Å²) < 4.78 is 82.3. The van der Waals surface area contributed by atoms with Gasteiger partial charge in [0, 0.05) is 44.3 Å². The van der Waals surface area contributed by atoms with Crippen LogP contribution in [0.4, 0.5) is 0 Å². The maximum absolute atomic E-state index is 12.5. The van der Waals surface area contributed by atoms with Crippen molar-refractivity contribution in [3.05, 3.63) is 0 Å². The van der Waals surface area contributed by atoms with E-state index in [1.54, 1.807) is 0 Å². The highest BCUT2D eigenvalue weighted by molar-refractivity contribution is 5.76. The first-order valence-electron chi connectivity index (χ1n) is 28.1. The number of carbonyl (C=O) groups is 3. The third-order valence-electron chi connectivity index (χ3n) is 12.3. The Morgan fingerprint density at radius 3 is 1.13 bits per heavy atom. The van der Waals surface area contributed by atoms with Gasteiger partial charge in [-0.1, -0.05) is 6.92 Å². The predicted octanol–water partition coefficient (Wildman–Crippen LogP) is -8.25. The summed E-state index contributed by atoms with van der Waals surface area (Å²) in [5.74, 6) is -0.850. The normalized spacial score (nSPS) is 24.9. The minimum absolute atomic E-state index is 0.0114. The fourth-order valence-electron chi connectivity index (χ4n) is 7.48. The highest BCUT2D eigenvalue weighted by Gasteiger charge is 2.45. The summed E-state index contributed by atoms with van der Waals surface area (Å²) in [5.41, 5.74) is -0.757. The molecule has 2 fully saturated rings. The van der Waals surface area contributed by atoms with Gasteiger partial charge < -0.3 is 148 Å². The SMILES string of the molecule is C[C@H](O)C(CO)O[C@H](OCCOCCOCCNC(=O)CCOCC(C)(COCCC(=O)NCCOCCOCCO[C@H]1OC(CO)C(O)[C@@H](O)C1O)COCCC(=O)NCCOCCOCCO[C@H]1OC(CO)C(O)[C@@H](O)C1O)C(O)CO. The predicted molar refractivity (Wildman–Crippen MR) is 284 cm³/mol. The van der Waals surface area contributed by atoms with Crippen LogP contribution in [0, 0.1) is 5.41 Å². The number of amides is 3. The summed E-state index contributed by atoms with van der Waals surface area (Å²) in [5, 5.41) is 125. The molecule has 3 amide bonds. The van der Waals surface area contributed by atoms with Crippen molar-refractivity contribution in [3.8, 4) is 0 Å². The molecule has 0 bridgehead atoms. The number of nitrogens with one attached hydrogen (secondary N) is 3. The molecular formula is C51H97N3O30. The van der Waals surface area contributed by atoms with Crippen LogP contribution < -0.4 is 16.0 Å². The second-order valence-corrected chi connectivity index (χ2v) is 19.7. The molecule has 2 saturated heterocycles. The van der Waals surface area contributed by atoms with Gasteiger partial charge >= 0.3 is 0 Å². The first kappa shape index (κ1) is 77.4. The van der Waals surface area contributed by atoms with E-state index < -0.39 is 118 Å². The third kappa shape index (κ3) is 33.6. The Balaban J connectivity index is 1.65. The van der Waals surface area contributed by atoms with Gasteiger partial charge in [0.15, 0.2) is 18.9 Å². The Hall–Kier alpha value is -2.67. The summed E-state index contributed by atoms with van der Waals surface area (Å²) in [6.07, 6.45) is -18.5. The Morgan fingerprint density at radius 2 is 0.798 bits per heavy atom. The molecule has 496 valence electrons. The van der Waals surface area contributed by atoms with E-state index in [2.05, 4.69) is 16.0 Å². The molecule has 0 aliphatic carbocycles. The molecule has 0 saturated carbocycles. The largest absolute Gasteiger partial charge is 0.394 e. The van der Waals surface area contributed by atoms with Crippen LogP contribution in [0.3, 0.4) is 0 Å². The zero-order valence-corrected chi connectivity index (χ0v) is 48.2. The number of hydrogen-bond acceptors (Lipinski definition) is 30. The molecule has 33 nitrogen and oxygen atoms in total. The van der Waals surface area contributed by atoms with Crippen molar-refractivity contribution >= 4 is 17.7 Å². The van der Waals surface area contributed by atoms with Crippen molar-refractivity contribution in [2.24, 2.45) is 5.41 Å². The van der Waals surface area contributed by atoms with Crippen LogP contribution in [0.25, 0.3) is 0 Å². The highest BCUT2D eigenvalue weighted by atomic mass is 16.7. The minimum atomic E-state index is -1.55. The summed E-state index contributed by atoms with van der Waals surface area (Å²) in [7, 11) is 0. The lowest BCUT2D eigenvalue weighted by Gasteiger charge is -2.39. The summed E-state index contributed by atoms with van der Waals surface area (Å²) in [6, 6.07) is 0. The van der Waals surface area contributed by atoms with Crippen LogP contribution in [0.5, 0.6) is 0 Å². The molecule has 2 aliphatic heterocycles. The molecule has 8 unspecified atom stereocenters. The van der Waals surface area contributed by atoms with Crippen LogP contribution >= 0.6 is 0 Å². The molecule has 0 aromatic carbocycles. The molecular weight excluding hydrogens is 1130 g/mol. The second kappa shape index (κ2) is 47.3. The van der Waals surface area contributed by atoms with E-state index >= 15 is 0 Å². The molecule has 0 aromatic rings. The molecule has 14 atom stereocenters. The lowest BCUT2D eigenvalue weighted by Crippen LogP contribution is -2.59. The Labute approximate surface area is 488 Å². The first-order chi connectivity index (χ1) is 40.4. The fraction of sp³-hybridized carbons (Fsp3) is 0.941. The van der Waals surface area contributed by atoms with Gasteiger partial charge in [-0.2, -0.15) is 0 Å². The van der Waals surface area contributed by atoms with Gasteiger partial charge in [-0.25, -0.2) is 0 Å². The van der Waals surface area contributed by atoms with Crippen LogP contribution in [0.2, 0.25) is 0 Å². The topological polar surface area (TPSA) is 469 Å². The lowest BCUT2D eigenvalue weighted by molar-refractivity contribution is -0.302. The van der Waals surface area contributed by atoms with Gasteiger partial charge in [0.25, 0.3) is 0 Å². The van der Waals surface area contributed by atoms with Gasteiger partial charge in [-0.3, -0.25) is 14.4 Å². The molecule has 84 heavy (non-hydrogen) atoms. The van der Waals surface area contributed by atoms with E-state index in [0.29, 0.717) is 0 Å². The van der Waals surface area contributed by atoms with Crippen LogP contribution in [0.1, 0.15) is 33.1 Å². The average Bonchev–Trinajstić information content (AvgIpc) is 3.46. The molecule has 2 aliphatic rings. The molecule has 15 N–H and O–H groups in total. The number of aliphatic hydroxyl groups excluding tert-OH is 12. The maximum atomic E-state index is 12.5. The maximum Gasteiger partial charge on any atom is 0.222 e. The van der Waals surface area contributed by atoms with Gasteiger partial charge in [0.05, 0.1) is 171 Å². The van der Waals surface area contributed by atoms with Gasteiger partial charge in [-0.15, -0.1) is 0 Å². The quantitative estimate of drug-likeness (QED) is 0.0199. The van der Waals surface area contributed by atoms with Crippen molar-refractivity contribution in [1.82, 2.24) is 16.0 Å². The Kier molecular flexibility index (Phi) is 43.6. The summed E-state index contributed by atoms with van der Waals surface area (Å²) in [6.45, 7) is 4.08. The van der Waals surface area contributed by atoms with E-state index in [1.807, 2.05) is 6.92 Å². The van der Waals surface area contributed by atoms with Crippen molar-refractivity contribution in [3.63, 3.8) is 0 Å². The number of carbonyl (C=O) groups excluding carboxylic acids is 3. The van der Waals surface area contributed by atoms with E-state index in [4.69, 9.17) is 71.1 Å². The molecule has 0 spiro atoms. The van der Waals surface area contributed by atoms with E-state index in [9.17, 15) is 75.7 Å². The van der Waals surface area contributed by atoms with E-state index in [0.717, 1.165) is 0 Å². The highest BCUT2D eigenvalue weighted by Crippen LogP contribution is 2.24. The fourth-order valence-corrected chi connectivity index (χ4v) is 7.48. The third-order valence-corrected chi connectivity index (χ3v) is 12.3. The van der Waals surface area contributed by atoms with Crippen molar-refractivity contribution < 1.29 is 147 Å². The second-order valence-electron chi connectivity index (χ2n) is 19.7. The molecule has 33 heteroatoms. The van der Waals surface area contributed by atoms with Gasteiger partial charge in [-0.05, 0) is 6.92 Å². The van der Waals surface area contributed by atoms with Crippen molar-refractivity contribution in [2.45, 2.75) is 119 Å². The Morgan fingerprint density at radius 1 is 0.452 bits per heavy atom. The van der Waals surface area contributed by atoms with Crippen LogP contribution in [-0.2, 0) is 85.4 Å². The van der Waals surface area contributed by atoms with E-state index in [1.165, 1.54) is 6.92 Å². The summed E-state index contributed by atoms with van der Waals surface area (Å²) in [4.78, 5) is 37.5. The lowest BCUT2D eigenvalue weighted by atomic mass is 9.94. The molecule has 0 radical (unpaired) electrons. The van der Waals surface area contributed by atoms with Crippen LogP contribution in [0.15, 0.2) is 0 Å². The number of rotatable bonds is 53. The first-order valence-corrected chi connectivity index (χ1v) is 28.1. The van der Waals surface area contributed by atoms with Gasteiger partial charge in [0.2, 0.25) is 17.7 Å². The van der Waals surface area contributed by atoms with Crippen molar-refractivity contribution in [2.75, 3.05) is 185 Å². The zero-order chi connectivity index (χ0) is 62.0.